The number of amides is 1. The molecule has 0 aliphatic carbocycles. The number of ether oxygens (including phenoxy) is 1. The van der Waals surface area contributed by atoms with E-state index in [9.17, 15) is 4.79 Å². The third kappa shape index (κ3) is 5.46. The molecule has 27 heavy (non-hydrogen) atoms. The number of hydrogen-bond donors (Lipinski definition) is 1. The van der Waals surface area contributed by atoms with Crippen LogP contribution in [0.15, 0.2) is 29.4 Å². The van der Waals surface area contributed by atoms with Crippen molar-refractivity contribution in [3.8, 4) is 0 Å². The third-order valence-corrected chi connectivity index (χ3v) is 5.68. The highest BCUT2D eigenvalue weighted by Gasteiger charge is 2.24. The van der Waals surface area contributed by atoms with E-state index < -0.39 is 0 Å². The Morgan fingerprint density at radius 3 is 2.93 bits per heavy atom. The van der Waals surface area contributed by atoms with Crippen LogP contribution in [0.3, 0.4) is 0 Å². The summed E-state index contributed by atoms with van der Waals surface area (Å²) in [6.45, 7) is 6.10. The van der Waals surface area contributed by atoms with Gasteiger partial charge in [0.15, 0.2) is 11.0 Å². The second-order valence-corrected chi connectivity index (χ2v) is 8.35. The smallest absolute Gasteiger partial charge is 0.249 e. The average Bonchev–Trinajstić information content (AvgIpc) is 3.29. The number of thioether (sulfide) groups is 1. The fourth-order valence-electron chi connectivity index (χ4n) is 2.93. The summed E-state index contributed by atoms with van der Waals surface area (Å²) in [7, 11) is 0. The van der Waals surface area contributed by atoms with Gasteiger partial charge in [0, 0.05) is 23.9 Å². The quantitative estimate of drug-likeness (QED) is 0.675. The molecule has 1 aliphatic rings. The van der Waals surface area contributed by atoms with Crippen molar-refractivity contribution in [2.24, 2.45) is 5.92 Å². The van der Waals surface area contributed by atoms with Crippen LogP contribution in [0.2, 0.25) is 5.02 Å². The molecule has 1 saturated heterocycles. The number of nitrogens with one attached hydrogen (secondary N) is 1. The Hall–Kier alpha value is -1.57. The first-order valence-electron chi connectivity index (χ1n) is 9.22. The van der Waals surface area contributed by atoms with E-state index in [1.165, 1.54) is 0 Å². The first-order chi connectivity index (χ1) is 13.0. The molecular formula is C19H25ClN4O2S. The highest BCUT2D eigenvalue weighted by atomic mass is 35.5. The minimum absolute atomic E-state index is 0.0723. The standard InChI is InChI=1S/C19H25ClN4O2S/c1-13(2)11-24-17(10-21-18(25)16-8-5-9-26-16)22-23-19(24)27-12-14-6-3-4-7-15(14)20/h3-4,6-7,13,16H,5,8-12H2,1-2H3,(H,21,25). The third-order valence-electron chi connectivity index (χ3n) is 4.30. The summed E-state index contributed by atoms with van der Waals surface area (Å²) in [6, 6.07) is 7.81. The van der Waals surface area contributed by atoms with Crippen molar-refractivity contribution in [2.75, 3.05) is 6.61 Å². The fourth-order valence-corrected chi connectivity index (χ4v) is 4.18. The lowest BCUT2D eigenvalue weighted by Gasteiger charge is -2.14. The number of halogens is 1. The van der Waals surface area contributed by atoms with Gasteiger partial charge in [-0.3, -0.25) is 4.79 Å². The zero-order valence-electron chi connectivity index (χ0n) is 15.7. The molecule has 1 unspecified atom stereocenters. The van der Waals surface area contributed by atoms with E-state index in [2.05, 4.69) is 33.9 Å². The van der Waals surface area contributed by atoms with Gasteiger partial charge in [-0.2, -0.15) is 0 Å². The van der Waals surface area contributed by atoms with Crippen molar-refractivity contribution in [3.05, 3.63) is 40.7 Å². The number of hydrogen-bond acceptors (Lipinski definition) is 5. The van der Waals surface area contributed by atoms with Crippen LogP contribution >= 0.6 is 23.4 Å². The van der Waals surface area contributed by atoms with Crippen LogP contribution in [0.1, 0.15) is 38.1 Å². The van der Waals surface area contributed by atoms with Gasteiger partial charge in [-0.15, -0.1) is 10.2 Å². The Morgan fingerprint density at radius 2 is 2.22 bits per heavy atom. The molecule has 1 atom stereocenters. The molecule has 2 aromatic rings. The minimum atomic E-state index is -0.333. The van der Waals surface area contributed by atoms with Crippen molar-refractivity contribution in [2.45, 2.75) is 56.8 Å². The van der Waals surface area contributed by atoms with Gasteiger partial charge in [0.25, 0.3) is 0 Å². The average molecular weight is 409 g/mol. The van der Waals surface area contributed by atoms with E-state index in [0.717, 1.165) is 46.7 Å². The van der Waals surface area contributed by atoms with E-state index in [4.69, 9.17) is 16.3 Å². The maximum atomic E-state index is 12.2. The first kappa shape index (κ1) is 20.2. The maximum absolute atomic E-state index is 12.2. The molecule has 1 amide bonds. The summed E-state index contributed by atoms with van der Waals surface area (Å²) < 4.78 is 7.52. The van der Waals surface area contributed by atoms with Gasteiger partial charge < -0.3 is 14.6 Å². The van der Waals surface area contributed by atoms with Crippen molar-refractivity contribution >= 4 is 29.3 Å². The van der Waals surface area contributed by atoms with Crippen molar-refractivity contribution in [3.63, 3.8) is 0 Å². The van der Waals surface area contributed by atoms with Crippen LogP contribution in [-0.4, -0.2) is 33.4 Å². The SMILES string of the molecule is CC(C)Cn1c(CNC(=O)C2CCCO2)nnc1SCc1ccccc1Cl. The molecule has 3 rings (SSSR count). The summed E-state index contributed by atoms with van der Waals surface area (Å²) in [4.78, 5) is 12.2. The van der Waals surface area contributed by atoms with Crippen molar-refractivity contribution in [1.29, 1.82) is 0 Å². The molecule has 146 valence electrons. The Kier molecular flexibility index (Phi) is 7.15. The number of benzene rings is 1. The van der Waals surface area contributed by atoms with E-state index >= 15 is 0 Å². The van der Waals surface area contributed by atoms with E-state index in [1.807, 2.05) is 24.3 Å². The summed E-state index contributed by atoms with van der Waals surface area (Å²) in [5.41, 5.74) is 1.07. The molecule has 2 heterocycles. The Labute approximate surface area is 169 Å². The van der Waals surface area contributed by atoms with Gasteiger partial charge in [-0.1, -0.05) is 55.4 Å². The van der Waals surface area contributed by atoms with Gasteiger partial charge in [-0.05, 0) is 30.4 Å². The Bertz CT molecular complexity index is 775. The predicted octanol–water partition coefficient (Wildman–Crippen LogP) is 3.68. The van der Waals surface area contributed by atoms with Crippen LogP contribution in [0.25, 0.3) is 0 Å². The van der Waals surface area contributed by atoms with Crippen LogP contribution in [0.4, 0.5) is 0 Å². The van der Waals surface area contributed by atoms with Crippen molar-refractivity contribution in [1.82, 2.24) is 20.1 Å². The zero-order valence-corrected chi connectivity index (χ0v) is 17.2. The molecule has 8 heteroatoms. The largest absolute Gasteiger partial charge is 0.368 e. The van der Waals surface area contributed by atoms with Gasteiger partial charge in [0.05, 0.1) is 6.54 Å². The van der Waals surface area contributed by atoms with Crippen molar-refractivity contribution < 1.29 is 9.53 Å². The number of carbonyl (C=O) groups excluding carboxylic acids is 1. The summed E-state index contributed by atoms with van der Waals surface area (Å²) in [5, 5.41) is 13.2. The monoisotopic (exact) mass is 408 g/mol. The van der Waals surface area contributed by atoms with Gasteiger partial charge in [0.2, 0.25) is 5.91 Å². The molecule has 1 aromatic heterocycles. The highest BCUT2D eigenvalue weighted by Crippen LogP contribution is 2.26. The Morgan fingerprint density at radius 1 is 1.41 bits per heavy atom. The maximum Gasteiger partial charge on any atom is 0.249 e. The van der Waals surface area contributed by atoms with E-state index in [1.54, 1.807) is 11.8 Å². The molecule has 1 aromatic carbocycles. The molecule has 0 bridgehead atoms. The molecular weight excluding hydrogens is 384 g/mol. The highest BCUT2D eigenvalue weighted by molar-refractivity contribution is 7.98. The number of aromatic nitrogens is 3. The second kappa shape index (κ2) is 9.57. The first-order valence-corrected chi connectivity index (χ1v) is 10.6. The van der Waals surface area contributed by atoms with Gasteiger partial charge in [0.1, 0.15) is 6.10 Å². The second-order valence-electron chi connectivity index (χ2n) is 7.00. The van der Waals surface area contributed by atoms with Gasteiger partial charge >= 0.3 is 0 Å². The molecule has 0 radical (unpaired) electrons. The topological polar surface area (TPSA) is 69.0 Å². The van der Waals surface area contributed by atoms with Crippen LogP contribution < -0.4 is 5.32 Å². The molecule has 1 N–H and O–H groups in total. The predicted molar refractivity (Wildman–Crippen MR) is 107 cm³/mol. The normalized spacial score (nSPS) is 16.8. The molecule has 0 spiro atoms. The molecule has 6 nitrogen and oxygen atoms in total. The lowest BCUT2D eigenvalue weighted by atomic mass is 10.2. The number of rotatable bonds is 8. The fraction of sp³-hybridized carbons (Fsp3) is 0.526. The summed E-state index contributed by atoms with van der Waals surface area (Å²) in [6.07, 6.45) is 1.38. The van der Waals surface area contributed by atoms with E-state index in [0.29, 0.717) is 19.1 Å². The lowest BCUT2D eigenvalue weighted by molar-refractivity contribution is -0.130. The zero-order chi connectivity index (χ0) is 19.2. The summed E-state index contributed by atoms with van der Waals surface area (Å²) >= 11 is 7.86. The lowest BCUT2D eigenvalue weighted by Crippen LogP contribution is -2.34. The Balaban J connectivity index is 1.67. The van der Waals surface area contributed by atoms with Crippen LogP contribution in [0, 0.1) is 5.92 Å². The summed E-state index contributed by atoms with van der Waals surface area (Å²) in [5.74, 6) is 1.85. The molecule has 1 fully saturated rings. The minimum Gasteiger partial charge on any atom is -0.368 e. The molecule has 1 aliphatic heterocycles. The molecule has 0 saturated carbocycles. The number of nitrogens with zero attached hydrogens (tertiary/aromatic N) is 3. The van der Waals surface area contributed by atoms with Gasteiger partial charge in [-0.25, -0.2) is 0 Å². The number of carbonyl (C=O) groups is 1. The van der Waals surface area contributed by atoms with Crippen LogP contribution in [-0.2, 0) is 28.4 Å². The van der Waals surface area contributed by atoms with Crippen LogP contribution in [0.5, 0.6) is 0 Å². The van der Waals surface area contributed by atoms with E-state index in [-0.39, 0.29) is 12.0 Å².